The minimum absolute atomic E-state index is 0.202. The number of rotatable bonds is 6. The molecule has 6 nitrogen and oxygen atoms in total. The monoisotopic (exact) mass is 403 g/mol. The van der Waals surface area contributed by atoms with Gasteiger partial charge in [-0.3, -0.25) is 0 Å². The van der Waals surface area contributed by atoms with E-state index in [0.29, 0.717) is 35.3 Å². The van der Waals surface area contributed by atoms with Gasteiger partial charge < -0.3 is 9.64 Å². The normalized spacial score (nSPS) is 15.6. The Balaban J connectivity index is 2.17. The molecular weight excluding hydrogens is 382 g/mol. The lowest BCUT2D eigenvalue weighted by atomic mass is 10.1. The van der Waals surface area contributed by atoms with Crippen LogP contribution in [0.25, 0.3) is 5.57 Å². The second kappa shape index (κ2) is 8.14. The molecule has 2 aromatic rings. The van der Waals surface area contributed by atoms with Crippen molar-refractivity contribution in [3.63, 3.8) is 0 Å². The molecule has 27 heavy (non-hydrogen) atoms. The third-order valence-corrected chi connectivity index (χ3v) is 6.95. The van der Waals surface area contributed by atoms with Crippen molar-refractivity contribution in [2.45, 2.75) is 18.9 Å². The van der Waals surface area contributed by atoms with Crippen LogP contribution >= 0.6 is 11.8 Å². The van der Waals surface area contributed by atoms with E-state index < -0.39 is 10.0 Å². The fourth-order valence-corrected chi connectivity index (χ4v) is 5.31. The first-order valence-electron chi connectivity index (χ1n) is 8.58. The molecule has 3 rings (SSSR count). The van der Waals surface area contributed by atoms with Gasteiger partial charge in [0.05, 0.1) is 12.7 Å². The van der Waals surface area contributed by atoms with E-state index in [9.17, 15) is 8.42 Å². The first-order valence-corrected chi connectivity index (χ1v) is 10.8. The number of ether oxygens (including phenoxy) is 1. The van der Waals surface area contributed by atoms with Crippen LogP contribution in [0.2, 0.25) is 0 Å². The molecule has 142 valence electrons. The molecule has 0 N–H and O–H groups in total. The maximum Gasteiger partial charge on any atom is 0.291 e. The number of hydrogen-bond donors (Lipinski definition) is 0. The molecule has 0 atom stereocenters. The molecule has 0 aliphatic carbocycles. The van der Waals surface area contributed by atoms with E-state index in [1.807, 2.05) is 49.1 Å². The van der Waals surface area contributed by atoms with Crippen molar-refractivity contribution in [2.75, 3.05) is 20.2 Å². The number of methoxy groups -OCH3 is 1. The summed E-state index contributed by atoms with van der Waals surface area (Å²) < 4.78 is 35.3. The summed E-state index contributed by atoms with van der Waals surface area (Å²) >= 11 is 1.12. The van der Waals surface area contributed by atoms with Crippen LogP contribution in [0, 0.1) is 0 Å². The zero-order chi connectivity index (χ0) is 19.4. The standard InChI is InChI=1S/C19H21N3O3S2/c1-4-22(5-2)18-17(14-9-11-15(25-3)12-10-14)19(27(23,24)21-18)26-16-8-6-7-13-20-16/h6-13H,4-5H2,1-3H3. The van der Waals surface area contributed by atoms with Gasteiger partial charge in [-0.2, -0.15) is 8.42 Å². The molecule has 0 saturated carbocycles. The Morgan fingerprint density at radius 2 is 1.78 bits per heavy atom. The minimum Gasteiger partial charge on any atom is -0.497 e. The molecule has 0 amide bonds. The number of likely N-dealkylation sites (N-methyl/N-ethyl adjacent to an activating group) is 1. The number of aromatic nitrogens is 1. The lowest BCUT2D eigenvalue weighted by molar-refractivity contribution is 0.415. The van der Waals surface area contributed by atoms with E-state index in [1.165, 1.54) is 0 Å². The van der Waals surface area contributed by atoms with Crippen LogP contribution in [0.4, 0.5) is 0 Å². The average Bonchev–Trinajstić information content (AvgIpc) is 2.94. The smallest absolute Gasteiger partial charge is 0.291 e. The molecule has 0 radical (unpaired) electrons. The van der Waals surface area contributed by atoms with E-state index in [-0.39, 0.29) is 4.24 Å². The van der Waals surface area contributed by atoms with Gasteiger partial charge in [-0.1, -0.05) is 30.0 Å². The summed E-state index contributed by atoms with van der Waals surface area (Å²) in [6, 6.07) is 12.8. The second-order valence-electron chi connectivity index (χ2n) is 5.72. The van der Waals surface area contributed by atoms with Gasteiger partial charge in [-0.15, -0.1) is 4.40 Å². The molecule has 8 heteroatoms. The highest BCUT2D eigenvalue weighted by Gasteiger charge is 2.36. The van der Waals surface area contributed by atoms with E-state index in [1.54, 1.807) is 25.4 Å². The Morgan fingerprint density at radius 3 is 2.33 bits per heavy atom. The molecule has 1 aliphatic rings. The Bertz CT molecular complexity index is 965. The van der Waals surface area contributed by atoms with Crippen LogP contribution in [-0.4, -0.2) is 44.3 Å². The summed E-state index contributed by atoms with van der Waals surface area (Å²) in [6.07, 6.45) is 1.64. The van der Waals surface area contributed by atoms with E-state index in [0.717, 1.165) is 17.3 Å². The zero-order valence-corrected chi connectivity index (χ0v) is 17.0. The Labute approximate surface area is 164 Å². The van der Waals surface area contributed by atoms with Crippen molar-refractivity contribution in [3.8, 4) is 5.75 Å². The molecule has 1 aromatic heterocycles. The zero-order valence-electron chi connectivity index (χ0n) is 15.4. The van der Waals surface area contributed by atoms with Crippen LogP contribution < -0.4 is 4.74 Å². The van der Waals surface area contributed by atoms with Crippen LogP contribution in [0.1, 0.15) is 19.4 Å². The Kier molecular flexibility index (Phi) is 5.86. The Morgan fingerprint density at radius 1 is 1.07 bits per heavy atom. The average molecular weight is 404 g/mol. The predicted octanol–water partition coefficient (Wildman–Crippen LogP) is 3.63. The van der Waals surface area contributed by atoms with Crippen LogP contribution in [-0.2, 0) is 10.0 Å². The highest BCUT2D eigenvalue weighted by atomic mass is 32.3. The highest BCUT2D eigenvalue weighted by molar-refractivity contribution is 8.18. The summed E-state index contributed by atoms with van der Waals surface area (Å²) in [5.41, 5.74) is 1.39. The van der Waals surface area contributed by atoms with Crippen molar-refractivity contribution in [3.05, 3.63) is 58.5 Å². The van der Waals surface area contributed by atoms with Crippen LogP contribution in [0.3, 0.4) is 0 Å². The number of amidine groups is 1. The van der Waals surface area contributed by atoms with E-state index in [4.69, 9.17) is 4.74 Å². The van der Waals surface area contributed by atoms with Gasteiger partial charge in [0.15, 0.2) is 5.84 Å². The molecule has 0 saturated heterocycles. The molecule has 0 spiro atoms. The number of pyridine rings is 1. The first kappa shape index (κ1) is 19.4. The van der Waals surface area contributed by atoms with Crippen LogP contribution in [0.5, 0.6) is 5.75 Å². The molecular formula is C19H21N3O3S2. The fourth-order valence-electron chi connectivity index (χ4n) is 2.77. The highest BCUT2D eigenvalue weighted by Crippen LogP contribution is 2.42. The quantitative estimate of drug-likeness (QED) is 0.733. The second-order valence-corrected chi connectivity index (χ2v) is 8.55. The SMILES string of the molecule is CCN(CC)C1=NS(=O)(=O)C(Sc2ccccn2)=C1c1ccc(OC)cc1. The topological polar surface area (TPSA) is 71.9 Å². The minimum atomic E-state index is -3.80. The molecule has 0 fully saturated rings. The predicted molar refractivity (Wildman–Crippen MR) is 109 cm³/mol. The summed E-state index contributed by atoms with van der Waals surface area (Å²) in [5.74, 6) is 1.18. The summed E-state index contributed by atoms with van der Waals surface area (Å²) in [5, 5.41) is 0.609. The third kappa shape index (κ3) is 4.01. The van der Waals surface area contributed by atoms with Crippen LogP contribution in [0.15, 0.2) is 62.3 Å². The van der Waals surface area contributed by atoms with Gasteiger partial charge in [-0.05, 0) is 43.7 Å². The maximum absolute atomic E-state index is 12.9. The lowest BCUT2D eigenvalue weighted by Gasteiger charge is -2.22. The van der Waals surface area contributed by atoms with Gasteiger partial charge in [0.2, 0.25) is 0 Å². The fraction of sp³-hybridized carbons (Fsp3) is 0.263. The van der Waals surface area contributed by atoms with Gasteiger partial charge in [0.25, 0.3) is 10.0 Å². The number of benzene rings is 1. The van der Waals surface area contributed by atoms with Gasteiger partial charge >= 0.3 is 0 Å². The molecule has 0 unspecified atom stereocenters. The molecule has 1 aromatic carbocycles. The summed E-state index contributed by atoms with van der Waals surface area (Å²) in [6.45, 7) is 5.28. The van der Waals surface area contributed by atoms with Gasteiger partial charge in [0.1, 0.15) is 15.0 Å². The summed E-state index contributed by atoms with van der Waals surface area (Å²) in [7, 11) is -2.20. The number of sulfonamides is 1. The summed E-state index contributed by atoms with van der Waals surface area (Å²) in [4.78, 5) is 6.20. The molecule has 1 aliphatic heterocycles. The lowest BCUT2D eigenvalue weighted by Crippen LogP contribution is -2.30. The van der Waals surface area contributed by atoms with E-state index in [2.05, 4.69) is 9.38 Å². The van der Waals surface area contributed by atoms with Crippen molar-refractivity contribution in [1.82, 2.24) is 9.88 Å². The maximum atomic E-state index is 12.9. The van der Waals surface area contributed by atoms with Crippen molar-refractivity contribution in [1.29, 1.82) is 0 Å². The largest absolute Gasteiger partial charge is 0.497 e. The first-order chi connectivity index (χ1) is 13.0. The van der Waals surface area contributed by atoms with Crippen molar-refractivity contribution in [2.24, 2.45) is 4.40 Å². The van der Waals surface area contributed by atoms with E-state index >= 15 is 0 Å². The third-order valence-electron chi connectivity index (χ3n) is 4.15. The van der Waals surface area contributed by atoms with Crippen molar-refractivity contribution < 1.29 is 13.2 Å². The number of nitrogens with zero attached hydrogens (tertiary/aromatic N) is 3. The number of thioether (sulfide) groups is 1. The Hall–Kier alpha value is -2.32. The number of hydrogen-bond acceptors (Lipinski definition) is 6. The van der Waals surface area contributed by atoms with Gasteiger partial charge in [-0.25, -0.2) is 4.98 Å². The van der Waals surface area contributed by atoms with Crippen molar-refractivity contribution >= 4 is 33.2 Å². The molecule has 0 bridgehead atoms. The molecule has 2 heterocycles. The van der Waals surface area contributed by atoms with Gasteiger partial charge in [0, 0.05) is 19.3 Å².